The van der Waals surface area contributed by atoms with Gasteiger partial charge in [0.1, 0.15) is 5.76 Å². The molecule has 2 aromatic heterocycles. The number of furan rings is 1. The Kier molecular flexibility index (Phi) is 3.72. The van der Waals surface area contributed by atoms with Gasteiger partial charge in [-0.2, -0.15) is 0 Å². The molecule has 7 nitrogen and oxygen atoms in total. The van der Waals surface area contributed by atoms with Gasteiger partial charge in [0.15, 0.2) is 0 Å². The number of nitrogens with one attached hydrogen (secondary N) is 1. The van der Waals surface area contributed by atoms with E-state index in [1.165, 1.54) is 0 Å². The lowest BCUT2D eigenvalue weighted by Gasteiger charge is -2.34. The van der Waals surface area contributed by atoms with Crippen LogP contribution < -0.4 is 5.32 Å². The minimum absolute atomic E-state index is 0.101. The smallest absolute Gasteiger partial charge is 0.223 e. The predicted octanol–water partition coefficient (Wildman–Crippen LogP) is 1.70. The summed E-state index contributed by atoms with van der Waals surface area (Å²) in [5.74, 6) is 1.51. The van der Waals surface area contributed by atoms with Gasteiger partial charge in [-0.1, -0.05) is 0 Å². The van der Waals surface area contributed by atoms with Crippen molar-refractivity contribution >= 4 is 11.9 Å². The zero-order valence-corrected chi connectivity index (χ0v) is 13.6. The number of rotatable bonds is 3. The molecule has 0 radical (unpaired) electrons. The Morgan fingerprint density at radius 1 is 1.50 bits per heavy atom. The fourth-order valence-electron chi connectivity index (χ4n) is 3.51. The second-order valence-electron chi connectivity index (χ2n) is 6.46. The molecule has 4 rings (SSSR count). The Labute approximate surface area is 140 Å². The summed E-state index contributed by atoms with van der Waals surface area (Å²) in [4.78, 5) is 22.7. The van der Waals surface area contributed by atoms with Gasteiger partial charge < -0.3 is 19.4 Å². The summed E-state index contributed by atoms with van der Waals surface area (Å²) < 4.78 is 11.1. The van der Waals surface area contributed by atoms with E-state index in [4.69, 9.17) is 14.1 Å². The maximum absolute atomic E-state index is 11.7. The quantitative estimate of drug-likeness (QED) is 0.924. The van der Waals surface area contributed by atoms with E-state index in [2.05, 4.69) is 10.3 Å². The number of carbonyl (C=O) groups is 1. The topological polar surface area (TPSA) is 80.5 Å². The van der Waals surface area contributed by atoms with E-state index < -0.39 is 0 Å². The van der Waals surface area contributed by atoms with Gasteiger partial charge in [-0.05, 0) is 18.6 Å². The average Bonchev–Trinajstić information content (AvgIpc) is 3.24. The predicted molar refractivity (Wildman–Crippen MR) is 86.3 cm³/mol. The molecule has 0 aromatic carbocycles. The van der Waals surface area contributed by atoms with Crippen LogP contribution in [-0.4, -0.2) is 40.5 Å². The summed E-state index contributed by atoms with van der Waals surface area (Å²) in [5.41, 5.74) is 1.80. The van der Waals surface area contributed by atoms with Crippen LogP contribution in [0.25, 0.3) is 0 Å². The largest absolute Gasteiger partial charge is 0.467 e. The molecule has 1 spiro atoms. The van der Waals surface area contributed by atoms with Gasteiger partial charge in [0.25, 0.3) is 0 Å². The third-order valence-electron chi connectivity index (χ3n) is 4.80. The number of likely N-dealkylation sites (tertiary alicyclic amines) is 1. The summed E-state index contributed by atoms with van der Waals surface area (Å²) in [7, 11) is 0. The molecule has 0 bridgehead atoms. The van der Waals surface area contributed by atoms with Crippen LogP contribution in [0.1, 0.15) is 30.4 Å². The Bertz CT molecular complexity index is 746. The van der Waals surface area contributed by atoms with Gasteiger partial charge in [0.2, 0.25) is 11.9 Å². The van der Waals surface area contributed by atoms with Crippen molar-refractivity contribution in [3.8, 4) is 0 Å². The van der Waals surface area contributed by atoms with Gasteiger partial charge >= 0.3 is 0 Å². The van der Waals surface area contributed by atoms with E-state index >= 15 is 0 Å². The Morgan fingerprint density at radius 3 is 3.17 bits per heavy atom. The first-order valence-electron chi connectivity index (χ1n) is 8.12. The zero-order valence-electron chi connectivity index (χ0n) is 13.6. The number of aromatic nitrogens is 2. The number of hydrogen-bond acceptors (Lipinski definition) is 6. The van der Waals surface area contributed by atoms with Crippen LogP contribution in [0.4, 0.5) is 5.95 Å². The average molecular weight is 328 g/mol. The molecule has 24 heavy (non-hydrogen) atoms. The molecule has 2 aromatic rings. The fraction of sp³-hybridized carbons (Fsp3) is 0.471. The fourth-order valence-corrected chi connectivity index (χ4v) is 3.51. The molecule has 0 saturated carbocycles. The maximum atomic E-state index is 11.7. The third-order valence-corrected chi connectivity index (χ3v) is 4.80. The number of carbonyl (C=O) groups excluding carboxylic acids is 1. The Morgan fingerprint density at radius 2 is 2.42 bits per heavy atom. The van der Waals surface area contributed by atoms with E-state index in [0.717, 1.165) is 30.0 Å². The molecule has 2 aliphatic rings. The van der Waals surface area contributed by atoms with E-state index in [9.17, 15) is 4.79 Å². The van der Waals surface area contributed by atoms with Crippen molar-refractivity contribution in [2.24, 2.45) is 0 Å². The molecule has 1 atom stereocenters. The molecular formula is C17H20N4O3. The second-order valence-corrected chi connectivity index (χ2v) is 6.46. The lowest BCUT2D eigenvalue weighted by Crippen LogP contribution is -2.41. The maximum Gasteiger partial charge on any atom is 0.223 e. The van der Waals surface area contributed by atoms with Crippen molar-refractivity contribution in [1.82, 2.24) is 14.9 Å². The zero-order chi connectivity index (χ0) is 16.6. The normalized spacial score (nSPS) is 22.6. The van der Waals surface area contributed by atoms with Gasteiger partial charge in [0.05, 0.1) is 37.1 Å². The van der Waals surface area contributed by atoms with Crippen LogP contribution in [0, 0.1) is 0 Å². The van der Waals surface area contributed by atoms with Gasteiger partial charge in [-0.25, -0.2) is 9.97 Å². The summed E-state index contributed by atoms with van der Waals surface area (Å²) in [6.07, 6.45) is 4.34. The number of nitrogens with zero attached hydrogens (tertiary/aromatic N) is 3. The van der Waals surface area contributed by atoms with E-state index in [0.29, 0.717) is 32.3 Å². The number of ether oxygens (including phenoxy) is 1. The number of amides is 1. The number of fused-ring (bicyclic) bond motifs is 2. The molecule has 1 N–H and O–H groups in total. The highest BCUT2D eigenvalue weighted by Gasteiger charge is 2.45. The summed E-state index contributed by atoms with van der Waals surface area (Å²) in [6.45, 7) is 4.67. The van der Waals surface area contributed by atoms with Crippen LogP contribution in [0.5, 0.6) is 0 Å². The highest BCUT2D eigenvalue weighted by molar-refractivity contribution is 5.73. The Balaban J connectivity index is 1.59. The minimum Gasteiger partial charge on any atom is -0.467 e. The van der Waals surface area contributed by atoms with Gasteiger partial charge in [0, 0.05) is 31.8 Å². The molecule has 1 fully saturated rings. The summed E-state index contributed by atoms with van der Waals surface area (Å²) in [5, 5.41) is 3.20. The van der Waals surface area contributed by atoms with Crippen LogP contribution in [-0.2, 0) is 28.1 Å². The number of hydrogen-bond donors (Lipinski definition) is 1. The monoisotopic (exact) mass is 328 g/mol. The molecular weight excluding hydrogens is 308 g/mol. The lowest BCUT2D eigenvalue weighted by molar-refractivity contribution is -0.128. The van der Waals surface area contributed by atoms with Gasteiger partial charge in [-0.3, -0.25) is 4.79 Å². The SMILES string of the molecule is CC(=O)N1CC[C@@]2(COCc3cnc(NCc4ccco4)nc32)C1. The highest BCUT2D eigenvalue weighted by atomic mass is 16.5. The first kappa shape index (κ1) is 15.1. The van der Waals surface area contributed by atoms with Crippen LogP contribution in [0.3, 0.4) is 0 Å². The molecule has 1 saturated heterocycles. The molecule has 0 aliphatic carbocycles. The van der Waals surface area contributed by atoms with Crippen LogP contribution in [0.15, 0.2) is 29.0 Å². The van der Waals surface area contributed by atoms with Crippen molar-refractivity contribution < 1.29 is 13.9 Å². The molecule has 126 valence electrons. The molecule has 4 heterocycles. The highest BCUT2D eigenvalue weighted by Crippen LogP contribution is 2.39. The second kappa shape index (κ2) is 5.90. The minimum atomic E-state index is -0.219. The van der Waals surface area contributed by atoms with E-state index in [1.807, 2.05) is 23.2 Å². The summed E-state index contributed by atoms with van der Waals surface area (Å²) >= 11 is 0. The molecule has 1 amide bonds. The summed E-state index contributed by atoms with van der Waals surface area (Å²) in [6, 6.07) is 3.76. The van der Waals surface area contributed by atoms with Gasteiger partial charge in [-0.15, -0.1) is 0 Å². The van der Waals surface area contributed by atoms with Crippen molar-refractivity contribution in [2.45, 2.75) is 31.9 Å². The van der Waals surface area contributed by atoms with Crippen molar-refractivity contribution in [3.05, 3.63) is 41.6 Å². The molecule has 7 heteroatoms. The number of anilines is 1. The first-order valence-corrected chi connectivity index (χ1v) is 8.12. The standard InChI is InChI=1S/C17H20N4O3/c1-12(22)21-5-4-17(10-21)11-23-9-13-7-18-16(20-15(13)17)19-8-14-3-2-6-24-14/h2-3,6-7H,4-5,8-11H2,1H3,(H,18,19,20)/t17-/m0/s1. The lowest BCUT2D eigenvalue weighted by atomic mass is 9.80. The van der Waals surface area contributed by atoms with Crippen molar-refractivity contribution in [1.29, 1.82) is 0 Å². The van der Waals surface area contributed by atoms with E-state index in [1.54, 1.807) is 13.2 Å². The first-order chi connectivity index (χ1) is 11.7. The Hall–Kier alpha value is -2.41. The van der Waals surface area contributed by atoms with Crippen molar-refractivity contribution in [3.63, 3.8) is 0 Å². The third kappa shape index (κ3) is 2.65. The molecule has 2 aliphatic heterocycles. The van der Waals surface area contributed by atoms with Crippen molar-refractivity contribution in [2.75, 3.05) is 25.0 Å². The van der Waals surface area contributed by atoms with Crippen LogP contribution in [0.2, 0.25) is 0 Å². The van der Waals surface area contributed by atoms with Crippen LogP contribution >= 0.6 is 0 Å². The molecule has 0 unspecified atom stereocenters. The van der Waals surface area contributed by atoms with E-state index in [-0.39, 0.29) is 11.3 Å².